The van der Waals surface area contributed by atoms with E-state index in [1.54, 1.807) is 38.7 Å². The number of carbonyl (C=O) groups excluding carboxylic acids is 1. The summed E-state index contributed by atoms with van der Waals surface area (Å²) >= 11 is 1.59. The average molecular weight is 488 g/mol. The number of benzene rings is 1. The van der Waals surface area contributed by atoms with Gasteiger partial charge in [0, 0.05) is 0 Å². The van der Waals surface area contributed by atoms with E-state index in [1.165, 1.54) is 0 Å². The Hall–Kier alpha value is -0.607. The number of hydrogen-bond donors (Lipinski definition) is 2. The van der Waals surface area contributed by atoms with Crippen LogP contribution in [0.15, 0.2) is 28.1 Å². The van der Waals surface area contributed by atoms with E-state index in [0.29, 0.717) is 17.9 Å². The van der Waals surface area contributed by atoms with Crippen LogP contribution in [0.2, 0.25) is 0 Å². The molecule has 6 heteroatoms. The van der Waals surface area contributed by atoms with Crippen molar-refractivity contribution in [2.75, 3.05) is 6.54 Å². The fraction of sp³-hybridized carbons (Fsp3) is 0.429. The van der Waals surface area contributed by atoms with Crippen LogP contribution in [0.4, 0.5) is 0 Å². The molecule has 20 heavy (non-hydrogen) atoms. The third-order valence-electron chi connectivity index (χ3n) is 2.73. The molecule has 3 N–H and O–H groups in total. The molecule has 1 rings (SSSR count). The summed E-state index contributed by atoms with van der Waals surface area (Å²) < 4.78 is 0. The van der Waals surface area contributed by atoms with Crippen LogP contribution >= 0.6 is 8.52 Å². The van der Waals surface area contributed by atoms with Crippen LogP contribution in [0.3, 0.4) is 0 Å². The monoisotopic (exact) mass is 488 g/mol. The Morgan fingerprint density at radius 1 is 1.50 bits per heavy atom. The number of nitrogens with one attached hydrogen (secondary N) is 1. The minimum absolute atomic E-state index is 0.00882. The predicted octanol–water partition coefficient (Wildman–Crippen LogP) is 2.65. The normalized spacial score (nSPS) is 11.4. The van der Waals surface area contributed by atoms with Crippen LogP contribution in [-0.4, -0.2) is 18.3 Å². The molecule has 0 heterocycles. The van der Waals surface area contributed by atoms with Crippen LogP contribution in [0.5, 0.6) is 0 Å². The van der Waals surface area contributed by atoms with Crippen molar-refractivity contribution in [3.63, 3.8) is 0 Å². The number of carbonyl (C=O) groups is 1. The van der Waals surface area contributed by atoms with E-state index >= 15 is 0 Å². The Bertz CT molecular complexity index is 487. The van der Waals surface area contributed by atoms with E-state index < -0.39 is 0 Å². The first-order chi connectivity index (χ1) is 9.58. The van der Waals surface area contributed by atoms with Crippen LogP contribution in [0.25, 0.3) is 0 Å². The van der Waals surface area contributed by atoms with E-state index in [1.807, 2.05) is 18.2 Å². The molecule has 0 spiro atoms. The molecule has 0 atom stereocenters. The van der Waals surface area contributed by atoms with Gasteiger partial charge in [-0.1, -0.05) is 0 Å². The van der Waals surface area contributed by atoms with Crippen molar-refractivity contribution in [2.24, 2.45) is 10.7 Å². The molecule has 0 fully saturated rings. The van der Waals surface area contributed by atoms with Gasteiger partial charge in [0.25, 0.3) is 0 Å². The molecule has 0 aromatic heterocycles. The van der Waals surface area contributed by atoms with Gasteiger partial charge in [0.05, 0.1) is 0 Å². The molecular weight excluding hydrogens is 468 g/mol. The maximum absolute atomic E-state index is 12.0. The molecule has 0 aliphatic heterocycles. The summed E-state index contributed by atoms with van der Waals surface area (Å²) in [6.45, 7) is 5.17. The van der Waals surface area contributed by atoms with Crippen molar-refractivity contribution >= 4 is 20.3 Å². The molecule has 4 nitrogen and oxygen atoms in total. The predicted molar refractivity (Wildman–Crippen MR) is 80.5 cm³/mol. The second kappa shape index (κ2) is 9.35. The first-order valence-electron chi connectivity index (χ1n) is 6.54. The summed E-state index contributed by atoms with van der Waals surface area (Å²) in [6, 6.07) is 5.74. The van der Waals surface area contributed by atoms with Crippen molar-refractivity contribution in [1.82, 2.24) is 5.32 Å². The second-order valence-corrected chi connectivity index (χ2v) is 6.86. The van der Waals surface area contributed by atoms with Gasteiger partial charge in [-0.15, -0.1) is 0 Å². The molecule has 0 radical (unpaired) electrons. The SMILES string of the molecule is CCCCNC(=O)c1ccc(CN=C(C)N)c(S[At])c1. The van der Waals surface area contributed by atoms with Crippen molar-refractivity contribution in [1.29, 1.82) is 0 Å². The number of unbranched alkanes of at least 4 members (excludes halogenated alkanes) is 1. The molecule has 0 bridgehead atoms. The van der Waals surface area contributed by atoms with Gasteiger partial charge >= 0.3 is 138 Å². The van der Waals surface area contributed by atoms with E-state index in [4.69, 9.17) is 5.73 Å². The van der Waals surface area contributed by atoms with Crippen LogP contribution in [-0.2, 0) is 6.54 Å². The first-order valence-corrected chi connectivity index (χ1v) is 10.9. The second-order valence-electron chi connectivity index (χ2n) is 4.47. The number of amides is 1. The van der Waals surface area contributed by atoms with Crippen molar-refractivity contribution < 1.29 is 28.0 Å². The summed E-state index contributed by atoms with van der Waals surface area (Å²) in [5.74, 6) is 0.564. The molecule has 0 unspecified atom stereocenters. The van der Waals surface area contributed by atoms with Gasteiger partial charge in [-0.2, -0.15) is 0 Å². The summed E-state index contributed by atoms with van der Waals surface area (Å²) in [6.07, 6.45) is 2.08. The third-order valence-corrected chi connectivity index (χ3v) is 5.21. The molecule has 110 valence electrons. The van der Waals surface area contributed by atoms with Crippen LogP contribution in [0.1, 0.15) is 42.6 Å². The molecule has 0 aliphatic carbocycles. The quantitative estimate of drug-likeness (QED) is 0.353. The number of rotatable bonds is 7. The number of aliphatic imine (C=N–C) groups is 1. The number of nitrogens with two attached hydrogens (primary N) is 1. The summed E-state index contributed by atoms with van der Waals surface area (Å²) in [7, 11) is 1.67. The minimum atomic E-state index is -0.00882. The molecule has 1 amide bonds. The van der Waals surface area contributed by atoms with Gasteiger partial charge in [-0.25, -0.2) is 0 Å². The molecular formula is C14H20AtN3OS. The average Bonchev–Trinajstić information content (AvgIpc) is 2.44. The van der Waals surface area contributed by atoms with Crippen LogP contribution < -0.4 is 11.1 Å². The van der Waals surface area contributed by atoms with Crippen molar-refractivity contribution in [3.8, 4) is 0 Å². The zero-order valence-corrected chi connectivity index (χ0v) is 15.5. The van der Waals surface area contributed by atoms with Gasteiger partial charge < -0.3 is 0 Å². The summed E-state index contributed by atoms with van der Waals surface area (Å²) in [4.78, 5) is 17.3. The molecule has 0 saturated heterocycles. The molecule has 1 aromatic carbocycles. The maximum atomic E-state index is 12.0. The van der Waals surface area contributed by atoms with Gasteiger partial charge in [0.2, 0.25) is 0 Å². The third kappa shape index (κ3) is 5.80. The Morgan fingerprint density at radius 3 is 2.85 bits per heavy atom. The zero-order valence-electron chi connectivity index (χ0n) is 11.8. The Kier molecular flexibility index (Phi) is 8.16. The molecule has 0 aliphatic rings. The van der Waals surface area contributed by atoms with E-state index in [9.17, 15) is 4.79 Å². The van der Waals surface area contributed by atoms with Gasteiger partial charge in [0.15, 0.2) is 0 Å². The Morgan fingerprint density at radius 2 is 2.25 bits per heavy atom. The van der Waals surface area contributed by atoms with Crippen LogP contribution in [0, 0.1) is 23.3 Å². The van der Waals surface area contributed by atoms with Gasteiger partial charge in [-0.3, -0.25) is 0 Å². The van der Waals surface area contributed by atoms with Crippen molar-refractivity contribution in [2.45, 2.75) is 38.1 Å². The molecule has 0 saturated carbocycles. The standard InChI is InChI=1S/C14H20AtN3OS/c1-3-4-7-17-14(19)11-5-6-12(9-18-10(2)16)13(8-11)20-15/h5-6,8H,3-4,7,9H2,1-2H3,(H2,16,18)(H,17,19). The number of nitrogens with zero attached hydrogens (tertiary/aromatic N) is 1. The van der Waals surface area contributed by atoms with Crippen molar-refractivity contribution in [3.05, 3.63) is 29.3 Å². The van der Waals surface area contributed by atoms with Gasteiger partial charge in [-0.05, 0) is 0 Å². The molecule has 1 aromatic rings. The Balaban J connectivity index is 2.80. The summed E-state index contributed by atoms with van der Waals surface area (Å²) in [5, 5.41) is 2.93. The summed E-state index contributed by atoms with van der Waals surface area (Å²) in [5.41, 5.74) is 7.37. The van der Waals surface area contributed by atoms with E-state index in [0.717, 1.165) is 29.8 Å². The topological polar surface area (TPSA) is 67.5 Å². The number of hydrogen-bond acceptors (Lipinski definition) is 3. The Labute approximate surface area is 138 Å². The zero-order chi connectivity index (χ0) is 15.0. The van der Waals surface area contributed by atoms with Gasteiger partial charge in [0.1, 0.15) is 0 Å². The number of amidine groups is 1. The van der Waals surface area contributed by atoms with E-state index in [2.05, 4.69) is 17.2 Å². The fourth-order valence-electron chi connectivity index (χ4n) is 1.59. The van der Waals surface area contributed by atoms with E-state index in [-0.39, 0.29) is 5.91 Å². The first kappa shape index (κ1) is 17.4. The fourth-order valence-corrected chi connectivity index (χ4v) is 3.67.